The van der Waals surface area contributed by atoms with Gasteiger partial charge in [0.15, 0.2) is 11.6 Å². The van der Waals surface area contributed by atoms with E-state index in [1.807, 2.05) is 60.0 Å². The summed E-state index contributed by atoms with van der Waals surface area (Å²) in [5.41, 5.74) is 6.62. The fourth-order valence-electron chi connectivity index (χ4n) is 8.06. The number of rotatable bonds is 10. The molecule has 0 saturated carbocycles. The molecule has 0 spiro atoms. The molecule has 2 aliphatic heterocycles. The second kappa shape index (κ2) is 21.4. The van der Waals surface area contributed by atoms with Crippen LogP contribution < -0.4 is 31.1 Å². The van der Waals surface area contributed by atoms with Crippen molar-refractivity contribution in [2.45, 2.75) is 27.7 Å². The van der Waals surface area contributed by atoms with Crippen LogP contribution in [0.4, 0.5) is 55.3 Å². The Balaban J connectivity index is 0.000000176. The standard InChI is InChI=1S/C25H23BrFN7O2.C25H24FN7O2/c1-14-21(17-7-6-16(27)13-19(17)30-22(14)18-5-3-4-8-28-18)31-24-20(26)23(29-15(2)35)32-25(33-24)34-9-11-36-12-10-34;1-15-23(18-7-6-17(26)13-20(18)29-24(15)19-5-3-4-8-27-19)30-22-14-21(28-16(2)34)31-25(32-22)33-9-11-35-12-10-33/h3-8,13H,9-12H2,1-2H3,(H2,29,30,31,32,33,35);3-8,13-14H,9-12H2,1-2H3,(H2,28,29,30,31,32,34). The maximum Gasteiger partial charge on any atom is 0.229 e. The normalized spacial score (nSPS) is 13.6. The number of aromatic nitrogens is 8. The Morgan fingerprint density at radius 1 is 0.577 bits per heavy atom. The highest BCUT2D eigenvalue weighted by atomic mass is 79.9. The number of benzene rings is 2. The average molecular weight is 1030 g/mol. The Bertz CT molecular complexity index is 3270. The fourth-order valence-corrected chi connectivity index (χ4v) is 8.44. The predicted molar refractivity (Wildman–Crippen MR) is 272 cm³/mol. The number of halogens is 3. The number of nitrogens with zero attached hydrogens (tertiary/aromatic N) is 10. The van der Waals surface area contributed by atoms with Crippen LogP contribution in [0, 0.1) is 25.5 Å². The number of anilines is 8. The van der Waals surface area contributed by atoms with Crippen LogP contribution in [0.1, 0.15) is 25.0 Å². The number of pyridine rings is 4. The quantitative estimate of drug-likeness (QED) is 0.101. The molecule has 2 saturated heterocycles. The maximum atomic E-state index is 14.2. The third-order valence-electron chi connectivity index (χ3n) is 11.4. The highest BCUT2D eigenvalue weighted by Crippen LogP contribution is 2.39. The molecule has 0 aliphatic carbocycles. The lowest BCUT2D eigenvalue weighted by molar-refractivity contribution is -0.115. The summed E-state index contributed by atoms with van der Waals surface area (Å²) in [5, 5.41) is 13.8. The van der Waals surface area contributed by atoms with Gasteiger partial charge in [-0.1, -0.05) is 12.1 Å². The molecule has 0 atom stereocenters. The molecule has 0 bridgehead atoms. The molecule has 0 unspecified atom stereocenters. The first-order chi connectivity index (χ1) is 34.4. The van der Waals surface area contributed by atoms with Crippen LogP contribution >= 0.6 is 15.9 Å². The van der Waals surface area contributed by atoms with E-state index in [2.05, 4.69) is 57.1 Å². The Hall–Kier alpha value is -7.88. The lowest BCUT2D eigenvalue weighted by Gasteiger charge is -2.28. The third-order valence-corrected chi connectivity index (χ3v) is 12.2. The van der Waals surface area contributed by atoms with E-state index in [0.717, 1.165) is 22.2 Å². The van der Waals surface area contributed by atoms with E-state index >= 15 is 0 Å². The molecule has 4 N–H and O–H groups in total. The molecular weight excluding hydrogens is 979 g/mol. The average Bonchev–Trinajstić information content (AvgIpc) is 3.37. The molecule has 2 fully saturated rings. The van der Waals surface area contributed by atoms with E-state index in [0.29, 0.717) is 137 Å². The maximum absolute atomic E-state index is 14.2. The van der Waals surface area contributed by atoms with E-state index < -0.39 is 0 Å². The predicted octanol–water partition coefficient (Wildman–Crippen LogP) is 8.91. The molecule has 10 rings (SSSR count). The zero-order valence-corrected chi connectivity index (χ0v) is 40.6. The SMILES string of the molecule is CC(=O)Nc1cc(Nc2c(C)c(-c3ccccn3)nc3cc(F)ccc23)nc(N2CCOCC2)n1.CC(=O)Nc1nc(N2CCOCC2)nc(Nc2c(C)c(-c3ccccn3)nc3cc(F)ccc23)c1Br. The zero-order chi connectivity index (χ0) is 49.6. The first-order valence-corrected chi connectivity index (χ1v) is 23.4. The Morgan fingerprint density at radius 3 is 1.55 bits per heavy atom. The van der Waals surface area contributed by atoms with Gasteiger partial charge in [0.05, 0.1) is 71.6 Å². The fraction of sp³-hybridized carbons (Fsp3) is 0.240. The highest BCUT2D eigenvalue weighted by Gasteiger charge is 2.23. The number of amides is 2. The molecule has 0 radical (unpaired) electrons. The highest BCUT2D eigenvalue weighted by molar-refractivity contribution is 9.10. The lowest BCUT2D eigenvalue weighted by Crippen LogP contribution is -2.37. The van der Waals surface area contributed by atoms with Crippen LogP contribution in [-0.4, -0.2) is 104 Å². The first-order valence-electron chi connectivity index (χ1n) is 22.6. The molecule has 6 aromatic heterocycles. The van der Waals surface area contributed by atoms with Gasteiger partial charge >= 0.3 is 0 Å². The summed E-state index contributed by atoms with van der Waals surface area (Å²) in [6.07, 6.45) is 3.38. The van der Waals surface area contributed by atoms with E-state index in [1.54, 1.807) is 30.6 Å². The molecule has 2 aromatic carbocycles. The molecule has 71 heavy (non-hydrogen) atoms. The number of fused-ring (bicyclic) bond motifs is 2. The summed E-state index contributed by atoms with van der Waals surface area (Å²) >= 11 is 3.56. The van der Waals surface area contributed by atoms with Gasteiger partial charge in [-0.25, -0.2) is 18.7 Å². The Kier molecular flexibility index (Phi) is 14.5. The molecule has 2 aliphatic rings. The van der Waals surface area contributed by atoms with Crippen LogP contribution in [0.2, 0.25) is 0 Å². The van der Waals surface area contributed by atoms with Gasteiger partial charge in [0, 0.05) is 92.5 Å². The Morgan fingerprint density at radius 2 is 1.06 bits per heavy atom. The van der Waals surface area contributed by atoms with E-state index in [4.69, 9.17) is 29.4 Å². The summed E-state index contributed by atoms with van der Waals surface area (Å²) in [6, 6.07) is 21.8. The second-order valence-corrected chi connectivity index (χ2v) is 17.3. The molecule has 2 amide bonds. The number of morpholine rings is 2. The minimum Gasteiger partial charge on any atom is -0.378 e. The first kappa shape index (κ1) is 48.2. The number of hydrogen-bond donors (Lipinski definition) is 4. The van der Waals surface area contributed by atoms with Crippen LogP contribution in [0.5, 0.6) is 0 Å². The molecule has 362 valence electrons. The Labute approximate surface area is 414 Å². The van der Waals surface area contributed by atoms with Crippen LogP contribution in [0.15, 0.2) is 95.7 Å². The van der Waals surface area contributed by atoms with Crippen molar-refractivity contribution in [3.8, 4) is 22.8 Å². The minimum absolute atomic E-state index is 0.235. The number of carbonyl (C=O) groups excluding carboxylic acids is 2. The summed E-state index contributed by atoms with van der Waals surface area (Å²) in [7, 11) is 0. The molecule has 18 nitrogen and oxygen atoms in total. The number of ether oxygens (including phenoxy) is 2. The van der Waals surface area contributed by atoms with Gasteiger partial charge in [0.1, 0.15) is 27.7 Å². The van der Waals surface area contributed by atoms with Crippen molar-refractivity contribution < 1.29 is 27.8 Å². The van der Waals surface area contributed by atoms with Crippen LogP contribution in [0.25, 0.3) is 44.6 Å². The van der Waals surface area contributed by atoms with Gasteiger partial charge in [-0.05, 0) is 78.3 Å². The zero-order valence-electron chi connectivity index (χ0n) is 39.1. The van der Waals surface area contributed by atoms with Crippen molar-refractivity contribution >= 4 is 96.1 Å². The van der Waals surface area contributed by atoms with Gasteiger partial charge in [0.2, 0.25) is 23.7 Å². The number of nitrogens with one attached hydrogen (secondary N) is 4. The molecule has 8 aromatic rings. The van der Waals surface area contributed by atoms with E-state index in [-0.39, 0.29) is 23.4 Å². The minimum atomic E-state index is -0.387. The van der Waals surface area contributed by atoms with Gasteiger partial charge in [-0.15, -0.1) is 0 Å². The molecule has 21 heteroatoms. The van der Waals surface area contributed by atoms with Crippen molar-refractivity contribution in [1.82, 2.24) is 39.9 Å². The topological polar surface area (TPSA) is 210 Å². The van der Waals surface area contributed by atoms with Crippen LogP contribution in [-0.2, 0) is 19.1 Å². The largest absolute Gasteiger partial charge is 0.378 e. The van der Waals surface area contributed by atoms with Crippen molar-refractivity contribution in [2.75, 3.05) is 83.7 Å². The monoisotopic (exact) mass is 1020 g/mol. The smallest absolute Gasteiger partial charge is 0.229 e. The van der Waals surface area contributed by atoms with Gasteiger partial charge in [-0.2, -0.15) is 19.9 Å². The molecular formula is C50H47BrF2N14O4. The van der Waals surface area contributed by atoms with Crippen LogP contribution in [0.3, 0.4) is 0 Å². The second-order valence-electron chi connectivity index (χ2n) is 16.5. The number of carbonyl (C=O) groups is 2. The van der Waals surface area contributed by atoms with Crippen molar-refractivity contribution in [3.63, 3.8) is 0 Å². The summed E-state index contributed by atoms with van der Waals surface area (Å²) < 4.78 is 39.7. The van der Waals surface area contributed by atoms with Crippen molar-refractivity contribution in [3.05, 3.63) is 118 Å². The lowest BCUT2D eigenvalue weighted by atomic mass is 10.0. The van der Waals surface area contributed by atoms with E-state index in [9.17, 15) is 18.4 Å². The van der Waals surface area contributed by atoms with Crippen molar-refractivity contribution in [2.24, 2.45) is 0 Å². The van der Waals surface area contributed by atoms with Gasteiger partial charge in [-0.3, -0.25) is 19.6 Å². The number of hydrogen-bond acceptors (Lipinski definition) is 16. The third kappa shape index (κ3) is 11.1. The summed E-state index contributed by atoms with van der Waals surface area (Å²) in [4.78, 5) is 64.5. The summed E-state index contributed by atoms with van der Waals surface area (Å²) in [6.45, 7) is 11.5. The van der Waals surface area contributed by atoms with Gasteiger partial charge < -0.3 is 40.5 Å². The molecule has 8 heterocycles. The van der Waals surface area contributed by atoms with Gasteiger partial charge in [0.25, 0.3) is 0 Å². The van der Waals surface area contributed by atoms with E-state index in [1.165, 1.54) is 38.1 Å². The summed E-state index contributed by atoms with van der Waals surface area (Å²) in [5.74, 6) is 1.33. The van der Waals surface area contributed by atoms with Crippen molar-refractivity contribution in [1.29, 1.82) is 0 Å².